The van der Waals surface area contributed by atoms with Crippen molar-refractivity contribution in [2.75, 3.05) is 27.3 Å². The molecule has 1 amide bonds. The summed E-state index contributed by atoms with van der Waals surface area (Å²) in [4.78, 5) is 15.7. The third kappa shape index (κ3) is 4.59. The van der Waals surface area contributed by atoms with Gasteiger partial charge in [0, 0.05) is 18.0 Å². The highest BCUT2D eigenvalue weighted by atomic mass is 16.5. The number of nitrogens with zero attached hydrogens (tertiary/aromatic N) is 3. The molecule has 31 heavy (non-hydrogen) atoms. The second-order valence-corrected chi connectivity index (χ2v) is 8.29. The van der Waals surface area contributed by atoms with Crippen LogP contribution in [0.1, 0.15) is 49.8 Å². The number of hydrogen-bond acceptors (Lipinski definition) is 5. The first-order chi connectivity index (χ1) is 15.1. The van der Waals surface area contributed by atoms with Crippen LogP contribution in [0.5, 0.6) is 11.5 Å². The summed E-state index contributed by atoms with van der Waals surface area (Å²) in [5.41, 5.74) is 2.89. The zero-order valence-corrected chi connectivity index (χ0v) is 18.6. The lowest BCUT2D eigenvalue weighted by Gasteiger charge is -2.34. The number of hydrazone groups is 1. The molecule has 2 aromatic carbocycles. The van der Waals surface area contributed by atoms with E-state index in [-0.39, 0.29) is 11.9 Å². The van der Waals surface area contributed by atoms with Crippen LogP contribution < -0.4 is 9.47 Å². The lowest BCUT2D eigenvalue weighted by Crippen LogP contribution is -2.44. The van der Waals surface area contributed by atoms with Crippen molar-refractivity contribution >= 4 is 11.6 Å². The summed E-state index contributed by atoms with van der Waals surface area (Å²) in [5, 5.41) is 6.49. The van der Waals surface area contributed by atoms with Crippen LogP contribution in [-0.4, -0.2) is 54.9 Å². The Morgan fingerprint density at radius 2 is 1.84 bits per heavy atom. The third-order valence-corrected chi connectivity index (χ3v) is 6.37. The molecule has 2 heterocycles. The topological polar surface area (TPSA) is 54.4 Å². The number of para-hydroxylation sites is 1. The van der Waals surface area contributed by atoms with E-state index in [1.807, 2.05) is 48.5 Å². The summed E-state index contributed by atoms with van der Waals surface area (Å²) >= 11 is 0. The Hall–Kier alpha value is -2.86. The standard InChI is InChI=1S/C25H31N3O3/c1-18-8-6-7-15-27(18)17-25(29)28-23(21-9-4-5-10-24(21)31-3)16-22(26-28)19-11-13-20(30-2)14-12-19/h4-5,9-14,18,23H,6-8,15-17H2,1-3H3/t18-,23+/m0/s1. The van der Waals surface area contributed by atoms with E-state index in [1.54, 1.807) is 19.2 Å². The van der Waals surface area contributed by atoms with Crippen LogP contribution in [0.4, 0.5) is 0 Å². The molecule has 164 valence electrons. The van der Waals surface area contributed by atoms with Gasteiger partial charge in [-0.25, -0.2) is 5.01 Å². The maximum atomic E-state index is 13.4. The molecule has 2 aromatic rings. The highest BCUT2D eigenvalue weighted by molar-refractivity contribution is 6.03. The zero-order chi connectivity index (χ0) is 21.8. The van der Waals surface area contributed by atoms with Crippen molar-refractivity contribution in [1.82, 2.24) is 9.91 Å². The molecule has 0 saturated carbocycles. The molecule has 0 bridgehead atoms. The summed E-state index contributed by atoms with van der Waals surface area (Å²) in [6, 6.07) is 16.0. The summed E-state index contributed by atoms with van der Waals surface area (Å²) in [5.74, 6) is 1.62. The molecule has 0 radical (unpaired) electrons. The van der Waals surface area contributed by atoms with Crippen molar-refractivity contribution in [2.45, 2.75) is 44.7 Å². The van der Waals surface area contributed by atoms with E-state index in [4.69, 9.17) is 14.6 Å². The number of piperidine rings is 1. The van der Waals surface area contributed by atoms with Crippen LogP contribution in [-0.2, 0) is 4.79 Å². The van der Waals surface area contributed by atoms with Crippen LogP contribution in [0.3, 0.4) is 0 Å². The van der Waals surface area contributed by atoms with E-state index in [9.17, 15) is 4.79 Å². The number of methoxy groups -OCH3 is 2. The highest BCUT2D eigenvalue weighted by Gasteiger charge is 2.36. The average Bonchev–Trinajstić information content (AvgIpc) is 3.26. The molecule has 0 aliphatic carbocycles. The van der Waals surface area contributed by atoms with Gasteiger partial charge in [-0.15, -0.1) is 0 Å². The minimum absolute atomic E-state index is 0.0353. The van der Waals surface area contributed by atoms with Crippen molar-refractivity contribution in [3.63, 3.8) is 0 Å². The van der Waals surface area contributed by atoms with Crippen LogP contribution in [0.2, 0.25) is 0 Å². The SMILES string of the molecule is COc1ccc(C2=NN(C(=O)CN3CCCC[C@@H]3C)[C@@H](c3ccccc3OC)C2)cc1. The second kappa shape index (κ2) is 9.52. The van der Waals surface area contributed by atoms with Gasteiger partial charge >= 0.3 is 0 Å². The zero-order valence-electron chi connectivity index (χ0n) is 18.6. The van der Waals surface area contributed by atoms with Crippen LogP contribution in [0.25, 0.3) is 0 Å². The molecule has 4 rings (SSSR count). The molecule has 6 heteroatoms. The van der Waals surface area contributed by atoms with Crippen molar-refractivity contribution in [1.29, 1.82) is 0 Å². The van der Waals surface area contributed by atoms with Crippen LogP contribution in [0, 0.1) is 0 Å². The number of carbonyl (C=O) groups is 1. The maximum Gasteiger partial charge on any atom is 0.257 e. The van der Waals surface area contributed by atoms with Crippen molar-refractivity contribution < 1.29 is 14.3 Å². The van der Waals surface area contributed by atoms with Gasteiger partial charge in [-0.2, -0.15) is 5.10 Å². The quantitative estimate of drug-likeness (QED) is 0.700. The van der Waals surface area contributed by atoms with Gasteiger partial charge in [0.25, 0.3) is 5.91 Å². The fourth-order valence-corrected chi connectivity index (χ4v) is 4.52. The summed E-state index contributed by atoms with van der Waals surface area (Å²) in [6.07, 6.45) is 4.17. The monoisotopic (exact) mass is 421 g/mol. The largest absolute Gasteiger partial charge is 0.497 e. The summed E-state index contributed by atoms with van der Waals surface area (Å²) in [6.45, 7) is 3.57. The Kier molecular flexibility index (Phi) is 6.56. The molecule has 0 aromatic heterocycles. The van der Waals surface area contributed by atoms with Crippen molar-refractivity contribution in [3.05, 3.63) is 59.7 Å². The molecule has 0 unspecified atom stereocenters. The summed E-state index contributed by atoms with van der Waals surface area (Å²) < 4.78 is 10.9. The Bertz CT molecular complexity index is 941. The van der Waals surface area contributed by atoms with Gasteiger partial charge in [0.15, 0.2) is 0 Å². The van der Waals surface area contributed by atoms with Gasteiger partial charge in [0.2, 0.25) is 0 Å². The number of rotatable bonds is 6. The first kappa shape index (κ1) is 21.4. The fraction of sp³-hybridized carbons (Fsp3) is 0.440. The number of benzene rings is 2. The number of likely N-dealkylation sites (tertiary alicyclic amines) is 1. The van der Waals surface area contributed by atoms with Gasteiger partial charge in [-0.05, 0) is 62.2 Å². The minimum atomic E-state index is -0.180. The molecule has 0 spiro atoms. The predicted octanol–water partition coefficient (Wildman–Crippen LogP) is 4.26. The van der Waals surface area contributed by atoms with Crippen LogP contribution in [0.15, 0.2) is 53.6 Å². The van der Waals surface area contributed by atoms with E-state index in [0.717, 1.165) is 47.7 Å². The normalized spacial score (nSPS) is 21.6. The van der Waals surface area contributed by atoms with E-state index in [2.05, 4.69) is 11.8 Å². The Morgan fingerprint density at radius 3 is 2.55 bits per heavy atom. The molecule has 1 fully saturated rings. The van der Waals surface area contributed by atoms with Crippen molar-refractivity contribution in [3.8, 4) is 11.5 Å². The molecule has 2 atom stereocenters. The first-order valence-corrected chi connectivity index (χ1v) is 11.0. The van der Waals surface area contributed by atoms with Crippen LogP contribution >= 0.6 is 0 Å². The van der Waals surface area contributed by atoms with Gasteiger partial charge < -0.3 is 9.47 Å². The summed E-state index contributed by atoms with van der Waals surface area (Å²) in [7, 11) is 3.32. The Morgan fingerprint density at radius 1 is 1.06 bits per heavy atom. The molecule has 1 saturated heterocycles. The fourth-order valence-electron chi connectivity index (χ4n) is 4.52. The molecule has 2 aliphatic rings. The first-order valence-electron chi connectivity index (χ1n) is 11.0. The maximum absolute atomic E-state index is 13.4. The van der Waals surface area contributed by atoms with Gasteiger partial charge in [-0.1, -0.05) is 24.6 Å². The van der Waals surface area contributed by atoms with E-state index in [0.29, 0.717) is 19.0 Å². The molecule has 0 N–H and O–H groups in total. The smallest absolute Gasteiger partial charge is 0.257 e. The molecular formula is C25H31N3O3. The van der Waals surface area contributed by atoms with Gasteiger partial charge in [0.05, 0.1) is 32.5 Å². The van der Waals surface area contributed by atoms with Gasteiger partial charge in [-0.3, -0.25) is 9.69 Å². The average molecular weight is 422 g/mol. The number of carbonyl (C=O) groups excluding carboxylic acids is 1. The van der Waals surface area contributed by atoms with E-state index >= 15 is 0 Å². The van der Waals surface area contributed by atoms with E-state index in [1.165, 1.54) is 6.42 Å². The molecule has 6 nitrogen and oxygen atoms in total. The lowest BCUT2D eigenvalue weighted by atomic mass is 9.97. The van der Waals surface area contributed by atoms with E-state index < -0.39 is 0 Å². The number of ether oxygens (including phenoxy) is 2. The van der Waals surface area contributed by atoms with Crippen molar-refractivity contribution in [2.24, 2.45) is 5.10 Å². The Labute approximate surface area is 184 Å². The highest BCUT2D eigenvalue weighted by Crippen LogP contribution is 2.37. The number of hydrogen-bond donors (Lipinski definition) is 0. The Balaban J connectivity index is 1.63. The number of amides is 1. The minimum Gasteiger partial charge on any atom is -0.497 e. The van der Waals surface area contributed by atoms with Gasteiger partial charge in [0.1, 0.15) is 11.5 Å². The molecular weight excluding hydrogens is 390 g/mol. The third-order valence-electron chi connectivity index (χ3n) is 6.37. The molecule has 2 aliphatic heterocycles. The predicted molar refractivity (Wildman–Crippen MR) is 122 cm³/mol. The second-order valence-electron chi connectivity index (χ2n) is 8.29. The lowest BCUT2D eigenvalue weighted by molar-refractivity contribution is -0.135.